The molecule has 0 unspecified atom stereocenters. The summed E-state index contributed by atoms with van der Waals surface area (Å²) < 4.78 is 46.2. The van der Waals surface area contributed by atoms with Crippen LogP contribution < -0.4 is 5.56 Å². The smallest absolute Gasteiger partial charge is 0.416 e. The lowest BCUT2D eigenvalue weighted by Crippen LogP contribution is -2.19. The van der Waals surface area contributed by atoms with E-state index >= 15 is 0 Å². The molecule has 6 nitrogen and oxygen atoms in total. The number of fused-ring (bicyclic) bond motifs is 1. The Hall–Kier alpha value is -3.69. The van der Waals surface area contributed by atoms with Gasteiger partial charge in [0.2, 0.25) is 5.89 Å². The molecule has 34 heavy (non-hydrogen) atoms. The third kappa shape index (κ3) is 4.27. The van der Waals surface area contributed by atoms with E-state index in [1.807, 2.05) is 0 Å². The summed E-state index contributed by atoms with van der Waals surface area (Å²) in [5.74, 6) is 0.348. The first-order chi connectivity index (χ1) is 15.8. The fraction of sp³-hybridized carbons (Fsp3) is 0.0435. The molecule has 0 atom stereocenters. The van der Waals surface area contributed by atoms with Crippen molar-refractivity contribution in [1.29, 1.82) is 0 Å². The lowest BCUT2D eigenvalue weighted by Gasteiger charge is -2.08. The number of hydrogen-bond acceptors (Lipinski definition) is 5. The summed E-state index contributed by atoms with van der Waals surface area (Å²) >= 11 is 5.85. The second-order valence-corrected chi connectivity index (χ2v) is 7.44. The number of hydrogen-bond donors (Lipinski definition) is 0. The third-order valence-electron chi connectivity index (χ3n) is 4.95. The maximum Gasteiger partial charge on any atom is 0.416 e. The molecule has 5 aromatic rings. The number of pyridine rings is 3. The van der Waals surface area contributed by atoms with Crippen molar-refractivity contribution in [2.45, 2.75) is 6.18 Å². The molecule has 0 amide bonds. The highest BCUT2D eigenvalue weighted by atomic mass is 35.5. The fourth-order valence-electron chi connectivity index (χ4n) is 3.33. The molecule has 0 spiro atoms. The van der Waals surface area contributed by atoms with E-state index in [1.165, 1.54) is 35.3 Å². The minimum Gasteiger partial charge on any atom is -0.434 e. The zero-order valence-electron chi connectivity index (χ0n) is 17.0. The van der Waals surface area contributed by atoms with Gasteiger partial charge in [-0.15, -0.1) is 12.4 Å². The third-order valence-corrected chi connectivity index (χ3v) is 5.17. The number of aromatic nitrogens is 4. The molecule has 0 aliphatic heterocycles. The zero-order valence-corrected chi connectivity index (χ0v) is 18.5. The van der Waals surface area contributed by atoms with Gasteiger partial charge in [0.15, 0.2) is 11.6 Å². The number of nitrogens with zero attached hydrogens (tertiary/aromatic N) is 4. The van der Waals surface area contributed by atoms with E-state index < -0.39 is 17.3 Å². The van der Waals surface area contributed by atoms with Gasteiger partial charge in [0.05, 0.1) is 11.1 Å². The van der Waals surface area contributed by atoms with Crippen LogP contribution in [0, 0.1) is 0 Å². The number of benzene rings is 1. The minimum absolute atomic E-state index is 0. The van der Waals surface area contributed by atoms with Crippen molar-refractivity contribution in [3.8, 4) is 28.6 Å². The van der Waals surface area contributed by atoms with Gasteiger partial charge in [-0.3, -0.25) is 14.3 Å². The summed E-state index contributed by atoms with van der Waals surface area (Å²) in [5.41, 5.74) is -0.245. The first kappa shape index (κ1) is 23.5. The van der Waals surface area contributed by atoms with Gasteiger partial charge in [-0.2, -0.15) is 18.2 Å². The van der Waals surface area contributed by atoms with Crippen molar-refractivity contribution in [2.75, 3.05) is 0 Å². The Balaban J connectivity index is 0.00000274. The molecular weight excluding hydrogens is 492 g/mol. The van der Waals surface area contributed by atoms with E-state index in [0.717, 1.165) is 12.1 Å². The lowest BCUT2D eigenvalue weighted by atomic mass is 10.1. The number of alkyl halides is 3. The van der Waals surface area contributed by atoms with Crippen LogP contribution in [0.25, 0.3) is 39.5 Å². The molecule has 0 saturated heterocycles. The molecule has 0 bridgehead atoms. The van der Waals surface area contributed by atoms with Crippen molar-refractivity contribution in [3.05, 3.63) is 94.3 Å². The Kier molecular flexibility index (Phi) is 6.16. The number of rotatable bonds is 3. The van der Waals surface area contributed by atoms with Crippen LogP contribution in [0.2, 0.25) is 5.15 Å². The van der Waals surface area contributed by atoms with Crippen LogP contribution in [0.1, 0.15) is 5.56 Å². The molecule has 172 valence electrons. The molecular formula is C23H13Cl2F3N4O2. The van der Waals surface area contributed by atoms with E-state index in [-0.39, 0.29) is 40.5 Å². The van der Waals surface area contributed by atoms with Crippen LogP contribution in [0.5, 0.6) is 0 Å². The van der Waals surface area contributed by atoms with Crippen molar-refractivity contribution < 1.29 is 17.6 Å². The molecule has 4 aromatic heterocycles. The van der Waals surface area contributed by atoms with Crippen molar-refractivity contribution in [3.63, 3.8) is 0 Å². The molecule has 0 radical (unpaired) electrons. The van der Waals surface area contributed by atoms with Gasteiger partial charge in [0.1, 0.15) is 10.7 Å². The largest absolute Gasteiger partial charge is 0.434 e. The molecule has 5 rings (SSSR count). The van der Waals surface area contributed by atoms with Crippen molar-refractivity contribution in [1.82, 2.24) is 19.5 Å². The van der Waals surface area contributed by atoms with Gasteiger partial charge in [0.25, 0.3) is 5.56 Å². The normalized spacial score (nSPS) is 11.4. The zero-order chi connectivity index (χ0) is 23.2. The standard InChI is InChI=1S/C23H12ClF3N4O2.ClH/c24-17-8-5-15(12-29-17)21-30-20(31-11-9-13-2-1-10-28-18(13)22(31)32)19(33-21)14-3-6-16(7-4-14)23(25,26)27;/h1-12H;1H. The Morgan fingerprint density at radius 1 is 0.941 bits per heavy atom. The summed E-state index contributed by atoms with van der Waals surface area (Å²) in [4.78, 5) is 25.7. The van der Waals surface area contributed by atoms with Crippen LogP contribution in [0.15, 0.2) is 82.4 Å². The second-order valence-electron chi connectivity index (χ2n) is 7.05. The number of halogens is 5. The summed E-state index contributed by atoms with van der Waals surface area (Å²) in [6, 6.07) is 12.7. The minimum atomic E-state index is -4.48. The van der Waals surface area contributed by atoms with Gasteiger partial charge in [-0.25, -0.2) is 4.98 Å². The Labute approximate surface area is 201 Å². The van der Waals surface area contributed by atoms with Crippen molar-refractivity contribution in [2.24, 2.45) is 0 Å². The van der Waals surface area contributed by atoms with Gasteiger partial charge >= 0.3 is 6.18 Å². The van der Waals surface area contributed by atoms with Crippen LogP contribution in [-0.4, -0.2) is 19.5 Å². The maximum absolute atomic E-state index is 13.1. The van der Waals surface area contributed by atoms with Gasteiger partial charge < -0.3 is 4.42 Å². The van der Waals surface area contributed by atoms with E-state index in [9.17, 15) is 18.0 Å². The maximum atomic E-state index is 13.1. The first-order valence-corrected chi connectivity index (χ1v) is 9.96. The van der Waals surface area contributed by atoms with Crippen LogP contribution >= 0.6 is 24.0 Å². The Bertz CT molecular complexity index is 1530. The summed E-state index contributed by atoms with van der Waals surface area (Å²) in [5, 5.41) is 0.908. The van der Waals surface area contributed by atoms with E-state index in [1.54, 1.807) is 30.3 Å². The second kappa shape index (κ2) is 8.92. The lowest BCUT2D eigenvalue weighted by molar-refractivity contribution is -0.137. The molecule has 0 aliphatic carbocycles. The predicted molar refractivity (Wildman–Crippen MR) is 123 cm³/mol. The average molecular weight is 505 g/mol. The molecule has 0 N–H and O–H groups in total. The highest BCUT2D eigenvalue weighted by molar-refractivity contribution is 6.29. The van der Waals surface area contributed by atoms with E-state index in [0.29, 0.717) is 16.5 Å². The molecule has 0 aliphatic rings. The highest BCUT2D eigenvalue weighted by Crippen LogP contribution is 2.35. The molecule has 4 heterocycles. The molecule has 1 aromatic carbocycles. The topological polar surface area (TPSA) is 73.8 Å². The van der Waals surface area contributed by atoms with Gasteiger partial charge in [-0.1, -0.05) is 29.8 Å². The highest BCUT2D eigenvalue weighted by Gasteiger charge is 2.30. The molecule has 11 heteroatoms. The van der Waals surface area contributed by atoms with Crippen LogP contribution in [0.3, 0.4) is 0 Å². The Morgan fingerprint density at radius 3 is 2.35 bits per heavy atom. The Morgan fingerprint density at radius 2 is 1.68 bits per heavy atom. The predicted octanol–water partition coefficient (Wildman–Crippen LogP) is 6.20. The summed E-state index contributed by atoms with van der Waals surface area (Å²) in [7, 11) is 0. The summed E-state index contributed by atoms with van der Waals surface area (Å²) in [6.07, 6.45) is -0.0246. The van der Waals surface area contributed by atoms with E-state index in [4.69, 9.17) is 16.0 Å². The van der Waals surface area contributed by atoms with Crippen molar-refractivity contribution >= 4 is 34.9 Å². The van der Waals surface area contributed by atoms with E-state index in [2.05, 4.69) is 15.0 Å². The fourth-order valence-corrected chi connectivity index (χ4v) is 3.45. The van der Waals surface area contributed by atoms with Gasteiger partial charge in [-0.05, 0) is 36.4 Å². The SMILES string of the molecule is Cl.O=c1c2ncccc2ccn1-c1nc(-c2ccc(Cl)nc2)oc1-c1ccc(C(F)(F)F)cc1. The van der Waals surface area contributed by atoms with Crippen LogP contribution in [0.4, 0.5) is 13.2 Å². The van der Waals surface area contributed by atoms with Crippen LogP contribution in [-0.2, 0) is 6.18 Å². The van der Waals surface area contributed by atoms with Gasteiger partial charge in [0, 0.05) is 29.5 Å². The average Bonchev–Trinajstić information content (AvgIpc) is 3.25. The first-order valence-electron chi connectivity index (χ1n) is 9.58. The monoisotopic (exact) mass is 504 g/mol. The molecule has 0 saturated carbocycles. The molecule has 0 fully saturated rings. The summed E-state index contributed by atoms with van der Waals surface area (Å²) in [6.45, 7) is 0. The quantitative estimate of drug-likeness (QED) is 0.273. The number of oxazole rings is 1.